The van der Waals surface area contributed by atoms with Gasteiger partial charge in [0, 0.05) is 19.2 Å². The summed E-state index contributed by atoms with van der Waals surface area (Å²) >= 11 is 0. The second kappa shape index (κ2) is 11.5. The van der Waals surface area contributed by atoms with Crippen LogP contribution < -0.4 is 20.1 Å². The number of nitro benzene ring substituents is 1. The van der Waals surface area contributed by atoms with Gasteiger partial charge in [0.1, 0.15) is 0 Å². The van der Waals surface area contributed by atoms with Crippen molar-refractivity contribution in [3.63, 3.8) is 0 Å². The Balaban J connectivity index is 1.35. The predicted octanol–water partition coefficient (Wildman–Crippen LogP) is 4.04. The molecule has 2 heterocycles. The van der Waals surface area contributed by atoms with Gasteiger partial charge in [-0.1, -0.05) is 6.07 Å². The van der Waals surface area contributed by atoms with Gasteiger partial charge in [0.15, 0.2) is 5.75 Å². The molecule has 1 amide bonds. The molecule has 2 aliphatic heterocycles. The molecule has 3 aromatic rings. The highest BCUT2D eigenvalue weighted by molar-refractivity contribution is 7.92. The number of methoxy groups -OCH3 is 1. The van der Waals surface area contributed by atoms with E-state index in [0.29, 0.717) is 65.6 Å². The van der Waals surface area contributed by atoms with Crippen LogP contribution in [0, 0.1) is 10.1 Å². The summed E-state index contributed by atoms with van der Waals surface area (Å²) in [6.07, 6.45) is 0.498. The van der Waals surface area contributed by atoms with Crippen molar-refractivity contribution < 1.29 is 27.6 Å². The first-order valence-electron chi connectivity index (χ1n) is 12.7. The zero-order valence-corrected chi connectivity index (χ0v) is 22.6. The molecule has 13 heteroatoms. The highest BCUT2D eigenvalue weighted by atomic mass is 32.2. The van der Waals surface area contributed by atoms with Gasteiger partial charge < -0.3 is 20.1 Å². The number of ether oxygens (including phenoxy) is 2. The van der Waals surface area contributed by atoms with Gasteiger partial charge in [-0.2, -0.15) is 0 Å². The number of amides is 1. The Morgan fingerprint density at radius 1 is 1.00 bits per heavy atom. The Morgan fingerprint density at radius 2 is 1.75 bits per heavy atom. The Kier molecular flexibility index (Phi) is 7.87. The Hall–Kier alpha value is -4.20. The van der Waals surface area contributed by atoms with E-state index in [1.807, 2.05) is 0 Å². The molecule has 210 valence electrons. The number of nitro groups is 1. The summed E-state index contributed by atoms with van der Waals surface area (Å²) < 4.78 is 38.7. The molecule has 5 rings (SSSR count). The maximum Gasteiger partial charge on any atom is 0.310 e. The van der Waals surface area contributed by atoms with Gasteiger partial charge in [-0.3, -0.25) is 24.5 Å². The highest BCUT2D eigenvalue weighted by Gasteiger charge is 2.22. The van der Waals surface area contributed by atoms with E-state index in [1.165, 1.54) is 13.2 Å². The minimum Gasteiger partial charge on any atom is -0.490 e. The van der Waals surface area contributed by atoms with Crippen molar-refractivity contribution >= 4 is 44.4 Å². The van der Waals surface area contributed by atoms with Crippen molar-refractivity contribution in [1.82, 2.24) is 4.90 Å². The van der Waals surface area contributed by atoms with Crippen molar-refractivity contribution in [2.24, 2.45) is 0 Å². The largest absolute Gasteiger partial charge is 0.490 e. The molecule has 0 spiro atoms. The average molecular weight is 568 g/mol. The fourth-order valence-electron chi connectivity index (χ4n) is 4.72. The number of hydrogen-bond donors (Lipinski definition) is 3. The second-order valence-electron chi connectivity index (χ2n) is 9.47. The average Bonchev–Trinajstić information content (AvgIpc) is 3.07. The summed E-state index contributed by atoms with van der Waals surface area (Å²) in [6.45, 7) is 3.61. The standard InChI is InChI=1S/C27H29N5O7S/c1-38-26-16-19(4-8-25(26)32(34)35)18-3-6-21-23(15-18)28-24-17-20(5-7-22(24)29-27(21)33)30-40(36,37)14-2-9-31-10-12-39-13-11-31/h3-8,15-17,28,30H,2,9-14H2,1H3,(H,29,33). The molecular weight excluding hydrogens is 538 g/mol. The van der Waals surface area contributed by atoms with Crippen molar-refractivity contribution in [2.75, 3.05) is 61.1 Å². The van der Waals surface area contributed by atoms with Gasteiger partial charge >= 0.3 is 5.69 Å². The van der Waals surface area contributed by atoms with Crippen LogP contribution in [0.1, 0.15) is 16.8 Å². The number of fused-ring (bicyclic) bond motifs is 2. The van der Waals surface area contributed by atoms with Crippen LogP contribution in [-0.2, 0) is 14.8 Å². The van der Waals surface area contributed by atoms with E-state index in [1.54, 1.807) is 48.5 Å². The molecule has 3 aromatic carbocycles. The van der Waals surface area contributed by atoms with Crippen LogP contribution >= 0.6 is 0 Å². The maximum atomic E-state index is 12.9. The Bertz CT molecular complexity index is 1550. The number of carbonyl (C=O) groups excluding carboxylic acids is 1. The van der Waals surface area contributed by atoms with Crippen molar-refractivity contribution in [3.05, 3.63) is 70.3 Å². The molecule has 0 radical (unpaired) electrons. The summed E-state index contributed by atoms with van der Waals surface area (Å²) in [5, 5.41) is 17.4. The normalized spacial score (nSPS) is 15.2. The summed E-state index contributed by atoms with van der Waals surface area (Å²) in [7, 11) is -2.22. The molecule has 1 saturated heterocycles. The smallest absolute Gasteiger partial charge is 0.310 e. The van der Waals surface area contributed by atoms with E-state index in [-0.39, 0.29) is 23.1 Å². The van der Waals surface area contributed by atoms with Gasteiger partial charge in [0.2, 0.25) is 10.0 Å². The molecule has 0 aromatic heterocycles. The monoisotopic (exact) mass is 567 g/mol. The van der Waals surface area contributed by atoms with Crippen LogP contribution in [0.15, 0.2) is 54.6 Å². The van der Waals surface area contributed by atoms with Gasteiger partial charge in [-0.05, 0) is 66.6 Å². The number of nitrogens with one attached hydrogen (secondary N) is 3. The van der Waals surface area contributed by atoms with Gasteiger partial charge in [0.25, 0.3) is 5.91 Å². The predicted molar refractivity (Wildman–Crippen MR) is 152 cm³/mol. The number of carbonyl (C=O) groups is 1. The van der Waals surface area contributed by atoms with Crippen molar-refractivity contribution in [1.29, 1.82) is 0 Å². The number of sulfonamides is 1. The molecule has 1 fully saturated rings. The Morgan fingerprint density at radius 3 is 2.50 bits per heavy atom. The van der Waals surface area contributed by atoms with Crippen LogP contribution in [-0.4, -0.2) is 69.9 Å². The Labute approximate surface area is 231 Å². The van der Waals surface area contributed by atoms with Crippen LogP contribution in [0.25, 0.3) is 11.1 Å². The summed E-state index contributed by atoms with van der Waals surface area (Å²) in [4.78, 5) is 25.9. The molecule has 0 saturated carbocycles. The van der Waals surface area contributed by atoms with Crippen LogP contribution in [0.5, 0.6) is 5.75 Å². The lowest BCUT2D eigenvalue weighted by molar-refractivity contribution is -0.385. The quantitative estimate of drug-likeness (QED) is 0.257. The first-order valence-corrected chi connectivity index (χ1v) is 14.4. The number of morpholine rings is 1. The maximum absolute atomic E-state index is 12.9. The zero-order valence-electron chi connectivity index (χ0n) is 21.8. The molecule has 12 nitrogen and oxygen atoms in total. The van der Waals surface area contributed by atoms with E-state index in [4.69, 9.17) is 9.47 Å². The third kappa shape index (κ3) is 6.17. The van der Waals surface area contributed by atoms with E-state index >= 15 is 0 Å². The molecule has 3 N–H and O–H groups in total. The summed E-state index contributed by atoms with van der Waals surface area (Å²) in [5.41, 5.74) is 3.48. The van der Waals surface area contributed by atoms with Crippen LogP contribution in [0.2, 0.25) is 0 Å². The molecule has 0 unspecified atom stereocenters. The lowest BCUT2D eigenvalue weighted by Gasteiger charge is -2.26. The number of nitrogens with zero attached hydrogens (tertiary/aromatic N) is 2. The first-order chi connectivity index (χ1) is 19.2. The van der Waals surface area contributed by atoms with Crippen molar-refractivity contribution in [3.8, 4) is 16.9 Å². The fourth-order valence-corrected chi connectivity index (χ4v) is 5.82. The molecule has 0 bridgehead atoms. The molecule has 2 aliphatic rings. The third-order valence-corrected chi connectivity index (χ3v) is 8.15. The minimum atomic E-state index is -3.58. The molecular formula is C27H29N5O7S. The molecule has 0 aliphatic carbocycles. The third-order valence-electron chi connectivity index (χ3n) is 6.78. The number of rotatable bonds is 9. The number of anilines is 4. The molecule has 40 heavy (non-hydrogen) atoms. The number of benzene rings is 3. The fraction of sp³-hybridized carbons (Fsp3) is 0.296. The highest BCUT2D eigenvalue weighted by Crippen LogP contribution is 2.38. The summed E-state index contributed by atoms with van der Waals surface area (Å²) in [6, 6.07) is 14.6. The first kappa shape index (κ1) is 27.4. The van der Waals surface area contributed by atoms with Crippen LogP contribution in [0.4, 0.5) is 28.4 Å². The zero-order chi connectivity index (χ0) is 28.3. The van der Waals surface area contributed by atoms with E-state index < -0.39 is 14.9 Å². The van der Waals surface area contributed by atoms with Gasteiger partial charge in [0.05, 0.1) is 59.3 Å². The minimum absolute atomic E-state index is 0.0174. The van der Waals surface area contributed by atoms with E-state index in [0.717, 1.165) is 13.1 Å². The lowest BCUT2D eigenvalue weighted by Crippen LogP contribution is -2.37. The lowest BCUT2D eigenvalue weighted by atomic mass is 10.0. The second-order valence-corrected chi connectivity index (χ2v) is 11.3. The number of hydrogen-bond acceptors (Lipinski definition) is 9. The van der Waals surface area contributed by atoms with Gasteiger partial charge in [-0.25, -0.2) is 8.42 Å². The van der Waals surface area contributed by atoms with Crippen LogP contribution in [0.3, 0.4) is 0 Å². The van der Waals surface area contributed by atoms with Crippen molar-refractivity contribution in [2.45, 2.75) is 6.42 Å². The topological polar surface area (TPSA) is 152 Å². The van der Waals surface area contributed by atoms with E-state index in [9.17, 15) is 23.3 Å². The molecule has 0 atom stereocenters. The van der Waals surface area contributed by atoms with Gasteiger partial charge in [-0.15, -0.1) is 0 Å². The SMILES string of the molecule is COc1cc(-c2ccc3c(c2)Nc2cc(NS(=O)(=O)CCCN4CCOCC4)ccc2NC3=O)ccc1[N+](=O)[O-]. The summed E-state index contributed by atoms with van der Waals surface area (Å²) in [5.74, 6) is -0.225. The van der Waals surface area contributed by atoms with E-state index in [2.05, 4.69) is 20.3 Å².